The van der Waals surface area contributed by atoms with Crippen LogP contribution in [0.2, 0.25) is 0 Å². The number of anilines is 1. The predicted octanol–water partition coefficient (Wildman–Crippen LogP) is 3.11. The molecule has 5 rings (SSSR count). The van der Waals surface area contributed by atoms with Gasteiger partial charge in [0, 0.05) is 30.7 Å². The van der Waals surface area contributed by atoms with Crippen molar-refractivity contribution in [2.24, 2.45) is 16.8 Å². The maximum atomic E-state index is 13.2. The molecular formula is C26H30N6O4S. The number of methoxy groups -OCH3 is 2. The van der Waals surface area contributed by atoms with E-state index in [-0.39, 0.29) is 11.7 Å². The molecule has 37 heavy (non-hydrogen) atoms. The zero-order chi connectivity index (χ0) is 25.8. The van der Waals surface area contributed by atoms with E-state index in [0.717, 1.165) is 33.5 Å². The number of hydrogen-bond acceptors (Lipinski definition) is 10. The Hall–Kier alpha value is -3.57. The average Bonchev–Trinajstić information content (AvgIpc) is 3.59. The number of ether oxygens (including phenoxy) is 3. The van der Waals surface area contributed by atoms with Crippen molar-refractivity contribution in [3.8, 4) is 11.6 Å². The first-order chi connectivity index (χ1) is 18.0. The van der Waals surface area contributed by atoms with Crippen molar-refractivity contribution in [1.82, 2.24) is 20.0 Å². The molecule has 2 aliphatic rings. The van der Waals surface area contributed by atoms with Crippen LogP contribution in [0.5, 0.6) is 11.6 Å². The summed E-state index contributed by atoms with van der Waals surface area (Å²) in [5.74, 6) is 1.91. The molecule has 1 aliphatic heterocycles. The first kappa shape index (κ1) is 25.1. The maximum absolute atomic E-state index is 13.2. The lowest BCUT2D eigenvalue weighted by Gasteiger charge is -2.14. The Morgan fingerprint density at radius 1 is 1.19 bits per heavy atom. The Bertz CT molecular complexity index is 1350. The van der Waals surface area contributed by atoms with E-state index >= 15 is 0 Å². The molecule has 0 spiro atoms. The van der Waals surface area contributed by atoms with E-state index in [1.165, 1.54) is 16.0 Å². The van der Waals surface area contributed by atoms with Crippen molar-refractivity contribution in [3.63, 3.8) is 0 Å². The maximum Gasteiger partial charge on any atom is 0.290 e. The highest BCUT2D eigenvalue weighted by Gasteiger charge is 2.41. The number of benzene rings is 1. The fraction of sp³-hybridized carbons (Fsp3) is 0.423. The van der Waals surface area contributed by atoms with Crippen LogP contribution in [0, 0.1) is 18.8 Å². The highest BCUT2D eigenvalue weighted by Crippen LogP contribution is 2.41. The lowest BCUT2D eigenvalue weighted by Crippen LogP contribution is -2.27. The molecule has 0 saturated heterocycles. The molecule has 2 aromatic heterocycles. The van der Waals surface area contributed by atoms with Gasteiger partial charge in [-0.3, -0.25) is 9.79 Å². The van der Waals surface area contributed by atoms with Crippen molar-refractivity contribution in [2.45, 2.75) is 32.5 Å². The van der Waals surface area contributed by atoms with E-state index in [2.05, 4.69) is 37.8 Å². The Balaban J connectivity index is 1.30. The normalized spacial score (nSPS) is 20.4. The van der Waals surface area contributed by atoms with Crippen LogP contribution >= 0.6 is 11.3 Å². The number of allylic oxidation sites excluding steroid dienone is 1. The summed E-state index contributed by atoms with van der Waals surface area (Å²) in [6.07, 6.45) is 5.20. The van der Waals surface area contributed by atoms with Gasteiger partial charge in [-0.25, -0.2) is 4.68 Å². The molecule has 1 saturated carbocycles. The van der Waals surface area contributed by atoms with E-state index < -0.39 is 0 Å². The van der Waals surface area contributed by atoms with E-state index in [1.54, 1.807) is 20.3 Å². The van der Waals surface area contributed by atoms with E-state index in [0.29, 0.717) is 49.6 Å². The summed E-state index contributed by atoms with van der Waals surface area (Å²) < 4.78 is 18.1. The SMILES string of the molecule is COc1ccc(Cn2nc(OCC3CC3C3=NCC(OC)C=C3)cc(NCc3nnc(C)s3)c2=O)cc1. The fourth-order valence-corrected chi connectivity index (χ4v) is 4.85. The Labute approximate surface area is 219 Å². The second kappa shape index (κ2) is 11.2. The van der Waals surface area contributed by atoms with Gasteiger partial charge in [0.05, 0.1) is 39.5 Å². The Morgan fingerprint density at radius 3 is 2.70 bits per heavy atom. The molecule has 194 valence electrons. The highest BCUT2D eigenvalue weighted by molar-refractivity contribution is 7.11. The lowest BCUT2D eigenvalue weighted by molar-refractivity contribution is 0.147. The van der Waals surface area contributed by atoms with Crippen molar-refractivity contribution in [2.75, 3.05) is 32.7 Å². The van der Waals surface area contributed by atoms with Crippen molar-refractivity contribution >= 4 is 22.7 Å². The smallest absolute Gasteiger partial charge is 0.290 e. The summed E-state index contributed by atoms with van der Waals surface area (Å²) >= 11 is 1.49. The number of rotatable bonds is 11. The van der Waals surface area contributed by atoms with Crippen LogP contribution in [-0.4, -0.2) is 59.2 Å². The van der Waals surface area contributed by atoms with E-state index in [4.69, 9.17) is 14.2 Å². The molecule has 1 fully saturated rings. The fourth-order valence-electron chi connectivity index (χ4n) is 4.20. The highest BCUT2D eigenvalue weighted by atomic mass is 32.1. The quantitative estimate of drug-likeness (QED) is 0.409. The second-order valence-electron chi connectivity index (χ2n) is 9.09. The summed E-state index contributed by atoms with van der Waals surface area (Å²) in [6, 6.07) is 9.22. The first-order valence-corrected chi connectivity index (χ1v) is 13.0. The van der Waals surface area contributed by atoms with E-state index in [9.17, 15) is 4.79 Å². The second-order valence-corrected chi connectivity index (χ2v) is 10.4. The molecule has 1 aliphatic carbocycles. The van der Waals surface area contributed by atoms with Crippen LogP contribution in [0.25, 0.3) is 0 Å². The molecule has 3 atom stereocenters. The minimum atomic E-state index is -0.233. The Morgan fingerprint density at radius 2 is 2.03 bits per heavy atom. The topological polar surface area (TPSA) is 113 Å². The molecule has 1 aromatic carbocycles. The van der Waals surface area contributed by atoms with Gasteiger partial charge in [-0.05, 0) is 37.1 Å². The molecule has 10 nitrogen and oxygen atoms in total. The van der Waals surface area contributed by atoms with Gasteiger partial charge >= 0.3 is 0 Å². The number of dihydropyridines is 1. The molecule has 3 heterocycles. The van der Waals surface area contributed by atoms with Crippen LogP contribution in [0.15, 0.2) is 52.3 Å². The van der Waals surface area contributed by atoms with Crippen LogP contribution in [-0.2, 0) is 17.8 Å². The zero-order valence-electron chi connectivity index (χ0n) is 21.1. The van der Waals surface area contributed by atoms with Gasteiger partial charge < -0.3 is 19.5 Å². The monoisotopic (exact) mass is 522 g/mol. The summed E-state index contributed by atoms with van der Waals surface area (Å²) in [6.45, 7) is 3.77. The van der Waals surface area contributed by atoms with Crippen LogP contribution in [0.4, 0.5) is 5.69 Å². The standard InChI is InChI=1S/C26H30N6O4S/c1-16-29-30-25(37-16)13-28-23-11-24(31-32(26(23)33)14-17-4-6-19(34-2)7-5-17)36-15-18-10-21(18)22-9-8-20(35-3)12-27-22/h4-9,11,18,20-21,28H,10,12-15H2,1-3H3. The van der Waals surface area contributed by atoms with E-state index in [1.807, 2.05) is 31.2 Å². The van der Waals surface area contributed by atoms with Crippen LogP contribution in [0.1, 0.15) is 22.0 Å². The summed E-state index contributed by atoms with van der Waals surface area (Å²) in [7, 11) is 3.32. The third-order valence-electron chi connectivity index (χ3n) is 6.43. The number of nitrogens with one attached hydrogen (secondary N) is 1. The number of aromatic nitrogens is 4. The molecule has 0 radical (unpaired) electrons. The molecule has 0 bridgehead atoms. The number of aryl methyl sites for hydroxylation is 1. The first-order valence-electron chi connectivity index (χ1n) is 12.2. The predicted molar refractivity (Wildman–Crippen MR) is 142 cm³/mol. The number of nitrogens with zero attached hydrogens (tertiary/aromatic N) is 5. The molecule has 0 amide bonds. The van der Waals surface area contributed by atoms with Crippen molar-refractivity contribution in [3.05, 3.63) is 68.4 Å². The van der Waals surface area contributed by atoms with Gasteiger partial charge in [0.25, 0.3) is 5.56 Å². The Kier molecular flexibility index (Phi) is 7.61. The molecule has 3 aromatic rings. The lowest BCUT2D eigenvalue weighted by atomic mass is 10.1. The minimum absolute atomic E-state index is 0.0585. The summed E-state index contributed by atoms with van der Waals surface area (Å²) in [5, 5.41) is 17.6. The molecule has 3 unspecified atom stereocenters. The van der Waals surface area contributed by atoms with Gasteiger partial charge in [-0.1, -0.05) is 29.5 Å². The summed E-state index contributed by atoms with van der Waals surface area (Å²) in [4.78, 5) is 17.9. The van der Waals surface area contributed by atoms with Gasteiger partial charge in [-0.2, -0.15) is 0 Å². The van der Waals surface area contributed by atoms with Gasteiger partial charge in [0.1, 0.15) is 21.5 Å². The zero-order valence-corrected chi connectivity index (χ0v) is 21.9. The van der Waals surface area contributed by atoms with Gasteiger partial charge in [0.15, 0.2) is 0 Å². The van der Waals surface area contributed by atoms with Gasteiger partial charge in [0.2, 0.25) is 5.88 Å². The number of aliphatic imine (C=N–C) groups is 1. The van der Waals surface area contributed by atoms with Crippen LogP contribution < -0.4 is 20.3 Å². The molecule has 1 N–H and O–H groups in total. The van der Waals surface area contributed by atoms with Gasteiger partial charge in [-0.15, -0.1) is 15.3 Å². The molecule has 11 heteroatoms. The molecular weight excluding hydrogens is 492 g/mol. The third-order valence-corrected chi connectivity index (χ3v) is 7.27. The largest absolute Gasteiger partial charge is 0.497 e. The van der Waals surface area contributed by atoms with Crippen LogP contribution in [0.3, 0.4) is 0 Å². The summed E-state index contributed by atoms with van der Waals surface area (Å²) in [5.41, 5.74) is 2.21. The third kappa shape index (κ3) is 6.23. The minimum Gasteiger partial charge on any atom is -0.497 e. The van der Waals surface area contributed by atoms with Crippen molar-refractivity contribution in [1.29, 1.82) is 0 Å². The number of hydrogen-bond donors (Lipinski definition) is 1. The van der Waals surface area contributed by atoms with Crippen molar-refractivity contribution < 1.29 is 14.2 Å². The average molecular weight is 523 g/mol.